The summed E-state index contributed by atoms with van der Waals surface area (Å²) in [6, 6.07) is 2.67. The van der Waals surface area contributed by atoms with Gasteiger partial charge in [0.15, 0.2) is 0 Å². The second kappa shape index (κ2) is 6.90. The second-order valence-electron chi connectivity index (χ2n) is 6.75. The van der Waals surface area contributed by atoms with Gasteiger partial charge in [0.1, 0.15) is 23.0 Å². The van der Waals surface area contributed by atoms with E-state index in [4.69, 9.17) is 13.9 Å². The van der Waals surface area contributed by atoms with E-state index in [9.17, 15) is 14.4 Å². The fourth-order valence-electron chi connectivity index (χ4n) is 3.13. The molecule has 0 fully saturated rings. The highest BCUT2D eigenvalue weighted by atomic mass is 16.4. The van der Waals surface area contributed by atoms with Crippen LogP contribution in [0.4, 0.5) is 0 Å². The summed E-state index contributed by atoms with van der Waals surface area (Å²) in [5, 5.41) is 13.0. The Hall–Kier alpha value is -3.09. The number of hydrogen-bond donors (Lipinski definition) is 2. The monoisotopic (exact) mass is 371 g/mol. The van der Waals surface area contributed by atoms with Crippen LogP contribution in [0.15, 0.2) is 25.8 Å². The number of furan rings is 1. The molecular weight excluding hydrogens is 350 g/mol. The van der Waals surface area contributed by atoms with E-state index in [0.717, 1.165) is 27.7 Å². The minimum absolute atomic E-state index is 0.000811. The molecule has 0 aliphatic heterocycles. The Balaban J connectivity index is 1.95. The van der Waals surface area contributed by atoms with E-state index in [1.54, 1.807) is 6.07 Å². The second-order valence-corrected chi connectivity index (χ2v) is 6.75. The van der Waals surface area contributed by atoms with Crippen molar-refractivity contribution in [2.24, 2.45) is 0 Å². The topological polar surface area (TPSA) is 110 Å². The third-order valence-electron chi connectivity index (χ3n) is 4.93. The lowest BCUT2D eigenvalue weighted by Gasteiger charge is -2.10. The van der Waals surface area contributed by atoms with Gasteiger partial charge in [-0.05, 0) is 51.3 Å². The maximum absolute atomic E-state index is 12.4. The summed E-state index contributed by atoms with van der Waals surface area (Å²) in [7, 11) is 0. The van der Waals surface area contributed by atoms with Crippen LogP contribution >= 0.6 is 0 Å². The quantitative estimate of drug-likeness (QED) is 0.667. The molecule has 0 bridgehead atoms. The number of benzene rings is 1. The highest BCUT2D eigenvalue weighted by molar-refractivity contribution is 5.96. The normalized spacial score (nSPS) is 12.4. The van der Waals surface area contributed by atoms with Gasteiger partial charge >= 0.3 is 11.6 Å². The lowest BCUT2D eigenvalue weighted by molar-refractivity contribution is -0.141. The molecule has 142 valence electrons. The fourth-order valence-corrected chi connectivity index (χ4v) is 3.13. The van der Waals surface area contributed by atoms with Crippen molar-refractivity contribution in [1.29, 1.82) is 0 Å². The van der Waals surface area contributed by atoms with Gasteiger partial charge in [0, 0.05) is 28.8 Å². The van der Waals surface area contributed by atoms with Gasteiger partial charge in [-0.2, -0.15) is 0 Å². The Morgan fingerprint density at radius 3 is 2.37 bits per heavy atom. The average molecular weight is 371 g/mol. The maximum atomic E-state index is 12.4. The Labute approximate surface area is 155 Å². The van der Waals surface area contributed by atoms with E-state index in [-0.39, 0.29) is 12.8 Å². The first-order valence-corrected chi connectivity index (χ1v) is 8.67. The molecule has 1 atom stereocenters. The largest absolute Gasteiger partial charge is 0.480 e. The van der Waals surface area contributed by atoms with Crippen molar-refractivity contribution in [2.75, 3.05) is 0 Å². The number of aliphatic carboxylic acids is 1. The Kier molecular flexibility index (Phi) is 4.78. The van der Waals surface area contributed by atoms with Crippen LogP contribution in [0.3, 0.4) is 0 Å². The molecule has 0 aliphatic carbocycles. The molecule has 0 saturated carbocycles. The standard InChI is InChI=1S/C20H21NO6/c1-9-12(4)26-16-8-17-15(7-14(9)16)10(2)13(20(25)27-17)5-6-18(22)21-11(3)19(23)24/h7-8,11H,5-6H2,1-4H3,(H,21,22)(H,23,24)/t11-/m1/s1. The predicted octanol–water partition coefficient (Wildman–Crippen LogP) is 2.99. The summed E-state index contributed by atoms with van der Waals surface area (Å²) in [5.74, 6) is -0.732. The van der Waals surface area contributed by atoms with Crippen LogP contribution in [0.1, 0.15) is 35.8 Å². The third-order valence-corrected chi connectivity index (χ3v) is 4.93. The van der Waals surface area contributed by atoms with E-state index in [2.05, 4.69) is 5.32 Å². The number of carbonyl (C=O) groups is 2. The molecule has 27 heavy (non-hydrogen) atoms. The highest BCUT2D eigenvalue weighted by Gasteiger charge is 2.18. The SMILES string of the molecule is Cc1oc2cc3oc(=O)c(CCC(=O)N[C@H](C)C(=O)O)c(C)c3cc2c1C. The van der Waals surface area contributed by atoms with E-state index >= 15 is 0 Å². The van der Waals surface area contributed by atoms with Crippen LogP contribution in [-0.4, -0.2) is 23.0 Å². The van der Waals surface area contributed by atoms with E-state index < -0.39 is 23.5 Å². The third kappa shape index (κ3) is 3.45. The number of carboxylic acid groups (broad SMARTS) is 1. The predicted molar refractivity (Wildman–Crippen MR) is 100 cm³/mol. The van der Waals surface area contributed by atoms with Crippen molar-refractivity contribution in [2.45, 2.75) is 46.6 Å². The van der Waals surface area contributed by atoms with Crippen molar-refractivity contribution in [3.8, 4) is 0 Å². The molecule has 2 N–H and O–H groups in total. The van der Waals surface area contributed by atoms with Crippen molar-refractivity contribution in [3.05, 3.63) is 45.0 Å². The summed E-state index contributed by atoms with van der Waals surface area (Å²) in [5.41, 5.74) is 2.79. The van der Waals surface area contributed by atoms with Crippen molar-refractivity contribution in [3.63, 3.8) is 0 Å². The molecular formula is C20H21NO6. The number of carboxylic acids is 1. The van der Waals surface area contributed by atoms with Gasteiger partial charge in [-0.1, -0.05) is 0 Å². The zero-order valence-corrected chi connectivity index (χ0v) is 15.6. The smallest absolute Gasteiger partial charge is 0.339 e. The van der Waals surface area contributed by atoms with Crippen LogP contribution in [0.5, 0.6) is 0 Å². The molecule has 1 amide bonds. The summed E-state index contributed by atoms with van der Waals surface area (Å²) < 4.78 is 11.1. The average Bonchev–Trinajstić information content (AvgIpc) is 2.86. The summed E-state index contributed by atoms with van der Waals surface area (Å²) >= 11 is 0. The van der Waals surface area contributed by atoms with Gasteiger partial charge in [0.2, 0.25) is 5.91 Å². The highest BCUT2D eigenvalue weighted by Crippen LogP contribution is 2.31. The number of rotatable bonds is 5. The maximum Gasteiger partial charge on any atom is 0.339 e. The first-order chi connectivity index (χ1) is 12.7. The van der Waals surface area contributed by atoms with Crippen LogP contribution in [-0.2, 0) is 16.0 Å². The fraction of sp³-hybridized carbons (Fsp3) is 0.350. The number of hydrogen-bond acceptors (Lipinski definition) is 5. The number of carbonyl (C=O) groups excluding carboxylic acids is 1. The number of nitrogens with one attached hydrogen (secondary N) is 1. The molecule has 0 radical (unpaired) electrons. The van der Waals surface area contributed by atoms with Crippen LogP contribution in [0.2, 0.25) is 0 Å². The Bertz CT molecular complexity index is 1120. The minimum atomic E-state index is -1.11. The number of fused-ring (bicyclic) bond motifs is 2. The zero-order valence-electron chi connectivity index (χ0n) is 15.6. The molecule has 2 heterocycles. The molecule has 7 heteroatoms. The van der Waals surface area contributed by atoms with Crippen LogP contribution in [0.25, 0.3) is 21.9 Å². The molecule has 0 saturated heterocycles. The molecule has 0 spiro atoms. The minimum Gasteiger partial charge on any atom is -0.480 e. The molecule has 3 aromatic rings. The lowest BCUT2D eigenvalue weighted by atomic mass is 10.0. The van der Waals surface area contributed by atoms with Gasteiger partial charge in [-0.25, -0.2) is 4.79 Å². The number of amides is 1. The van der Waals surface area contributed by atoms with Gasteiger partial charge in [-0.15, -0.1) is 0 Å². The summed E-state index contributed by atoms with van der Waals surface area (Å²) in [6.07, 6.45) is 0.171. The number of aryl methyl sites for hydroxylation is 3. The zero-order chi connectivity index (χ0) is 19.9. The lowest BCUT2D eigenvalue weighted by Crippen LogP contribution is -2.38. The van der Waals surface area contributed by atoms with Crippen LogP contribution < -0.4 is 10.9 Å². The summed E-state index contributed by atoms with van der Waals surface area (Å²) in [6.45, 7) is 7.05. The molecule has 1 aromatic carbocycles. The molecule has 0 unspecified atom stereocenters. The van der Waals surface area contributed by atoms with E-state index in [0.29, 0.717) is 16.7 Å². The van der Waals surface area contributed by atoms with Crippen molar-refractivity contribution >= 4 is 33.8 Å². The van der Waals surface area contributed by atoms with E-state index in [1.165, 1.54) is 6.92 Å². The Morgan fingerprint density at radius 2 is 1.70 bits per heavy atom. The van der Waals surface area contributed by atoms with Gasteiger partial charge < -0.3 is 19.3 Å². The Morgan fingerprint density at radius 1 is 1.07 bits per heavy atom. The van der Waals surface area contributed by atoms with Crippen molar-refractivity contribution in [1.82, 2.24) is 5.32 Å². The van der Waals surface area contributed by atoms with Crippen molar-refractivity contribution < 1.29 is 23.5 Å². The van der Waals surface area contributed by atoms with E-state index in [1.807, 2.05) is 26.8 Å². The summed E-state index contributed by atoms with van der Waals surface area (Å²) in [4.78, 5) is 35.1. The first-order valence-electron chi connectivity index (χ1n) is 8.67. The molecule has 2 aromatic heterocycles. The first kappa shape index (κ1) is 18.7. The molecule has 3 rings (SSSR count). The van der Waals surface area contributed by atoms with Crippen LogP contribution in [0, 0.1) is 20.8 Å². The van der Waals surface area contributed by atoms with Gasteiger partial charge in [0.05, 0.1) is 0 Å². The molecule has 7 nitrogen and oxygen atoms in total. The molecule has 0 aliphatic rings. The van der Waals surface area contributed by atoms with Gasteiger partial charge in [-0.3, -0.25) is 9.59 Å². The van der Waals surface area contributed by atoms with Gasteiger partial charge in [0.25, 0.3) is 0 Å².